The molecule has 0 aromatic heterocycles. The zero-order chi connectivity index (χ0) is 30.7. The molecule has 0 saturated carbocycles. The number of likely N-dealkylation sites (tertiary alicyclic amines) is 2. The molecular formula is C35H68N2O4. The van der Waals surface area contributed by atoms with Gasteiger partial charge < -0.3 is 19.3 Å². The summed E-state index contributed by atoms with van der Waals surface area (Å²) in [6.45, 7) is 24.7. The van der Waals surface area contributed by atoms with Crippen molar-refractivity contribution >= 4 is 11.9 Å². The molecule has 6 heteroatoms. The van der Waals surface area contributed by atoms with Crippen LogP contribution in [0.3, 0.4) is 0 Å². The molecule has 2 fully saturated rings. The van der Waals surface area contributed by atoms with Crippen molar-refractivity contribution in [1.82, 2.24) is 9.80 Å². The number of hydrogen-bond acceptors (Lipinski definition) is 6. The van der Waals surface area contributed by atoms with Gasteiger partial charge in [0.25, 0.3) is 0 Å². The van der Waals surface area contributed by atoms with Gasteiger partial charge in [0.05, 0.1) is 26.1 Å². The number of piperidine rings is 2. The predicted molar refractivity (Wildman–Crippen MR) is 172 cm³/mol. The van der Waals surface area contributed by atoms with Gasteiger partial charge in [-0.15, -0.1) is 0 Å². The van der Waals surface area contributed by atoms with Gasteiger partial charge in [0.1, 0.15) is 0 Å². The van der Waals surface area contributed by atoms with Crippen molar-refractivity contribution in [2.75, 3.05) is 52.5 Å². The van der Waals surface area contributed by atoms with Gasteiger partial charge in [0, 0.05) is 13.1 Å². The van der Waals surface area contributed by atoms with Gasteiger partial charge in [-0.3, -0.25) is 9.59 Å². The molecule has 2 saturated heterocycles. The number of nitrogens with zero attached hydrogens (tertiary/aromatic N) is 2. The third kappa shape index (κ3) is 20.4. The molecule has 41 heavy (non-hydrogen) atoms. The Labute approximate surface area is 254 Å². The Bertz CT molecular complexity index is 623. The number of carbonyl (C=O) groups is 2. The number of esters is 2. The van der Waals surface area contributed by atoms with Gasteiger partial charge in [0.15, 0.2) is 0 Å². The van der Waals surface area contributed by atoms with E-state index in [4.69, 9.17) is 9.47 Å². The molecule has 0 radical (unpaired) electrons. The van der Waals surface area contributed by atoms with Crippen LogP contribution in [0.15, 0.2) is 0 Å². The van der Waals surface area contributed by atoms with Crippen LogP contribution in [0.2, 0.25) is 0 Å². The van der Waals surface area contributed by atoms with Gasteiger partial charge >= 0.3 is 11.9 Å². The average Bonchev–Trinajstić information content (AvgIpc) is 2.93. The van der Waals surface area contributed by atoms with Crippen molar-refractivity contribution in [2.45, 2.75) is 139 Å². The van der Waals surface area contributed by atoms with Crippen LogP contribution < -0.4 is 0 Å². The third-order valence-corrected chi connectivity index (χ3v) is 8.57. The SMILES string of the molecule is CC.CC(C)(C)CCCOC(=O)CCN1CCC(CCCC2CCN(CCC(=O)OCCCC(C)(C)C)CC2)CC1. The van der Waals surface area contributed by atoms with E-state index < -0.39 is 0 Å². The Kier molecular flexibility index (Phi) is 19.1. The van der Waals surface area contributed by atoms with E-state index in [9.17, 15) is 9.59 Å². The number of ether oxygens (including phenoxy) is 2. The molecule has 2 rings (SSSR count). The van der Waals surface area contributed by atoms with Crippen LogP contribution >= 0.6 is 0 Å². The minimum atomic E-state index is -0.0383. The lowest BCUT2D eigenvalue weighted by molar-refractivity contribution is -0.145. The Morgan fingerprint density at radius 2 is 0.951 bits per heavy atom. The van der Waals surface area contributed by atoms with Crippen LogP contribution in [-0.4, -0.2) is 74.2 Å². The minimum absolute atomic E-state index is 0.0383. The quantitative estimate of drug-likeness (QED) is 0.136. The minimum Gasteiger partial charge on any atom is -0.466 e. The monoisotopic (exact) mass is 581 g/mol. The molecule has 6 nitrogen and oxygen atoms in total. The van der Waals surface area contributed by atoms with Gasteiger partial charge in [-0.2, -0.15) is 0 Å². The van der Waals surface area contributed by atoms with Gasteiger partial charge in [-0.1, -0.05) is 74.7 Å². The molecule has 0 aliphatic carbocycles. The van der Waals surface area contributed by atoms with Crippen molar-refractivity contribution in [2.24, 2.45) is 22.7 Å². The molecular weight excluding hydrogens is 512 g/mol. The Morgan fingerprint density at radius 3 is 1.27 bits per heavy atom. The topological polar surface area (TPSA) is 59.1 Å². The summed E-state index contributed by atoms with van der Waals surface area (Å²) in [7, 11) is 0. The van der Waals surface area contributed by atoms with Crippen molar-refractivity contribution < 1.29 is 19.1 Å². The summed E-state index contributed by atoms with van der Waals surface area (Å²) in [6, 6.07) is 0. The number of carbonyl (C=O) groups excluding carboxylic acids is 2. The second-order valence-electron chi connectivity index (χ2n) is 14.8. The number of rotatable bonds is 16. The smallest absolute Gasteiger partial charge is 0.307 e. The normalized spacial score (nSPS) is 18.0. The first kappa shape index (κ1) is 37.9. The molecule has 0 aromatic carbocycles. The Hall–Kier alpha value is -1.14. The number of hydrogen-bond donors (Lipinski definition) is 0. The maximum absolute atomic E-state index is 12.1. The standard InChI is InChI=1S/C33H62N2O4.C2H6/c1-32(2,3)18-8-26-38-30(36)16-24-34-20-12-28(13-21-34)10-7-11-29-14-22-35(23-15-29)25-17-31(37)39-27-9-19-33(4,5)6;1-2/h28-29H,7-27H2,1-6H3;1-2H3. The first-order chi connectivity index (χ1) is 19.4. The first-order valence-electron chi connectivity index (χ1n) is 17.2. The Balaban J connectivity index is 0.00000411. The highest BCUT2D eigenvalue weighted by molar-refractivity contribution is 5.69. The summed E-state index contributed by atoms with van der Waals surface area (Å²) < 4.78 is 10.9. The summed E-state index contributed by atoms with van der Waals surface area (Å²) >= 11 is 0. The van der Waals surface area contributed by atoms with E-state index in [1.165, 1.54) is 44.9 Å². The highest BCUT2D eigenvalue weighted by Crippen LogP contribution is 2.27. The fourth-order valence-electron chi connectivity index (χ4n) is 5.91. The summed E-state index contributed by atoms with van der Waals surface area (Å²) in [6.07, 6.45) is 14.3. The summed E-state index contributed by atoms with van der Waals surface area (Å²) in [5, 5.41) is 0. The van der Waals surface area contributed by atoms with Crippen LogP contribution in [0, 0.1) is 22.7 Å². The van der Waals surface area contributed by atoms with Crippen molar-refractivity contribution in [3.63, 3.8) is 0 Å². The van der Waals surface area contributed by atoms with Gasteiger partial charge in [-0.05, 0) is 100 Å². The lowest BCUT2D eigenvalue weighted by Crippen LogP contribution is -2.36. The summed E-state index contributed by atoms with van der Waals surface area (Å²) in [5.74, 6) is 1.62. The van der Waals surface area contributed by atoms with E-state index in [0.717, 1.165) is 76.8 Å². The third-order valence-electron chi connectivity index (χ3n) is 8.57. The molecule has 0 aromatic rings. The molecule has 0 amide bonds. The zero-order valence-electron chi connectivity index (χ0n) is 28.5. The Morgan fingerprint density at radius 1 is 0.610 bits per heavy atom. The molecule has 242 valence electrons. The maximum atomic E-state index is 12.1. The van der Waals surface area contributed by atoms with Crippen LogP contribution in [-0.2, 0) is 19.1 Å². The lowest BCUT2D eigenvalue weighted by Gasteiger charge is -2.33. The second kappa shape index (κ2) is 20.7. The van der Waals surface area contributed by atoms with E-state index in [-0.39, 0.29) is 11.9 Å². The predicted octanol–water partition coefficient (Wildman–Crippen LogP) is 8.13. The van der Waals surface area contributed by atoms with E-state index in [0.29, 0.717) is 36.9 Å². The van der Waals surface area contributed by atoms with Crippen LogP contribution in [0.4, 0.5) is 0 Å². The first-order valence-corrected chi connectivity index (χ1v) is 17.2. The van der Waals surface area contributed by atoms with Gasteiger partial charge in [0.2, 0.25) is 0 Å². The zero-order valence-corrected chi connectivity index (χ0v) is 28.5. The van der Waals surface area contributed by atoms with E-state index in [1.807, 2.05) is 13.8 Å². The molecule has 0 N–H and O–H groups in total. The van der Waals surface area contributed by atoms with Gasteiger partial charge in [-0.25, -0.2) is 0 Å². The molecule has 0 atom stereocenters. The van der Waals surface area contributed by atoms with Crippen molar-refractivity contribution in [3.05, 3.63) is 0 Å². The molecule has 2 aliphatic heterocycles. The fraction of sp³-hybridized carbons (Fsp3) is 0.943. The van der Waals surface area contributed by atoms with Crippen LogP contribution in [0.25, 0.3) is 0 Å². The highest BCUT2D eigenvalue weighted by atomic mass is 16.5. The second-order valence-corrected chi connectivity index (χ2v) is 14.8. The maximum Gasteiger partial charge on any atom is 0.307 e. The molecule has 0 spiro atoms. The van der Waals surface area contributed by atoms with Crippen LogP contribution in [0.5, 0.6) is 0 Å². The van der Waals surface area contributed by atoms with E-state index in [1.54, 1.807) is 0 Å². The van der Waals surface area contributed by atoms with Crippen molar-refractivity contribution in [3.8, 4) is 0 Å². The summed E-state index contributed by atoms with van der Waals surface area (Å²) in [5.41, 5.74) is 0.608. The summed E-state index contributed by atoms with van der Waals surface area (Å²) in [4.78, 5) is 29.0. The van der Waals surface area contributed by atoms with E-state index >= 15 is 0 Å². The van der Waals surface area contributed by atoms with Crippen LogP contribution in [0.1, 0.15) is 139 Å². The molecule has 2 heterocycles. The fourth-order valence-corrected chi connectivity index (χ4v) is 5.91. The molecule has 0 unspecified atom stereocenters. The molecule has 2 aliphatic rings. The lowest BCUT2D eigenvalue weighted by atomic mass is 9.87. The highest BCUT2D eigenvalue weighted by Gasteiger charge is 2.23. The molecule has 0 bridgehead atoms. The largest absolute Gasteiger partial charge is 0.466 e. The van der Waals surface area contributed by atoms with E-state index in [2.05, 4.69) is 51.3 Å². The average molecular weight is 581 g/mol. The van der Waals surface area contributed by atoms with Crippen molar-refractivity contribution in [1.29, 1.82) is 0 Å².